The van der Waals surface area contributed by atoms with Gasteiger partial charge in [-0.2, -0.15) is 0 Å². The topological polar surface area (TPSA) is 61.8 Å². The van der Waals surface area contributed by atoms with Crippen molar-refractivity contribution in [1.29, 1.82) is 0 Å². The third-order valence-electron chi connectivity index (χ3n) is 5.23. The van der Waals surface area contributed by atoms with Crippen molar-refractivity contribution in [1.82, 2.24) is 5.32 Å². The first-order valence-electron chi connectivity index (χ1n) is 9.13. The van der Waals surface area contributed by atoms with Crippen LogP contribution in [0.3, 0.4) is 0 Å². The molecule has 1 aromatic carbocycles. The Morgan fingerprint density at radius 2 is 1.96 bits per heavy atom. The average molecular weight is 332 g/mol. The minimum absolute atomic E-state index is 0.0255. The first-order chi connectivity index (χ1) is 11.8. The zero-order valence-corrected chi connectivity index (χ0v) is 14.2. The number of carbonyl (C=O) groups excluding carboxylic acids is 1. The Kier molecular flexibility index (Phi) is 6.10. The molecule has 1 saturated heterocycles. The lowest BCUT2D eigenvalue weighted by atomic mass is 9.95. The van der Waals surface area contributed by atoms with E-state index in [1.165, 1.54) is 12.8 Å². The van der Waals surface area contributed by atoms with Gasteiger partial charge >= 0.3 is 0 Å². The van der Waals surface area contributed by atoms with Crippen molar-refractivity contribution in [2.75, 3.05) is 37.8 Å². The molecule has 0 radical (unpaired) electrons. The van der Waals surface area contributed by atoms with Crippen LogP contribution in [-0.4, -0.2) is 50.0 Å². The molecule has 1 aromatic rings. The summed E-state index contributed by atoms with van der Waals surface area (Å²) in [4.78, 5) is 15.1. The minimum Gasteiger partial charge on any atom is -0.396 e. The van der Waals surface area contributed by atoms with Gasteiger partial charge in [0.25, 0.3) is 5.91 Å². The first kappa shape index (κ1) is 17.2. The molecule has 1 atom stereocenters. The molecule has 24 heavy (non-hydrogen) atoms. The molecule has 1 saturated carbocycles. The highest BCUT2D eigenvalue weighted by Gasteiger charge is 2.27. The Morgan fingerprint density at radius 1 is 1.25 bits per heavy atom. The van der Waals surface area contributed by atoms with E-state index in [-0.39, 0.29) is 18.6 Å². The normalized spacial score (nSPS) is 20.1. The van der Waals surface area contributed by atoms with E-state index in [9.17, 15) is 9.90 Å². The number of benzene rings is 1. The molecule has 1 amide bonds. The molecule has 2 aliphatic rings. The Morgan fingerprint density at radius 3 is 2.67 bits per heavy atom. The molecule has 3 rings (SSSR count). The highest BCUT2D eigenvalue weighted by Crippen LogP contribution is 2.29. The fourth-order valence-electron chi connectivity index (χ4n) is 3.92. The Balaban J connectivity index is 1.73. The lowest BCUT2D eigenvalue weighted by molar-refractivity contribution is 0.0910. The van der Waals surface area contributed by atoms with Gasteiger partial charge < -0.3 is 20.1 Å². The lowest BCUT2D eigenvalue weighted by Crippen LogP contribution is -2.42. The van der Waals surface area contributed by atoms with Crippen LogP contribution in [0.25, 0.3) is 0 Å². The zero-order valence-electron chi connectivity index (χ0n) is 14.2. The van der Waals surface area contributed by atoms with Crippen molar-refractivity contribution in [3.05, 3.63) is 29.8 Å². The number of rotatable bonds is 6. The van der Waals surface area contributed by atoms with Crippen LogP contribution in [0.4, 0.5) is 5.69 Å². The van der Waals surface area contributed by atoms with Crippen LogP contribution in [0.2, 0.25) is 0 Å². The van der Waals surface area contributed by atoms with Gasteiger partial charge in [-0.1, -0.05) is 25.0 Å². The summed E-state index contributed by atoms with van der Waals surface area (Å²) in [6.45, 7) is 3.14. The number of carbonyl (C=O) groups is 1. The van der Waals surface area contributed by atoms with Gasteiger partial charge in [-0.3, -0.25) is 4.79 Å². The van der Waals surface area contributed by atoms with Crippen LogP contribution < -0.4 is 10.2 Å². The molecule has 1 heterocycles. The monoisotopic (exact) mass is 332 g/mol. The second kappa shape index (κ2) is 8.49. The maximum absolute atomic E-state index is 12.9. The molecule has 0 bridgehead atoms. The molecule has 132 valence electrons. The van der Waals surface area contributed by atoms with Crippen molar-refractivity contribution in [2.24, 2.45) is 5.92 Å². The predicted octanol–water partition coefficient (Wildman–Crippen LogP) is 2.19. The summed E-state index contributed by atoms with van der Waals surface area (Å²) in [5, 5.41) is 12.6. The van der Waals surface area contributed by atoms with Crippen molar-refractivity contribution in [3.63, 3.8) is 0 Å². The highest BCUT2D eigenvalue weighted by molar-refractivity contribution is 6.00. The summed E-state index contributed by atoms with van der Waals surface area (Å²) in [7, 11) is 0. The van der Waals surface area contributed by atoms with E-state index in [0.29, 0.717) is 25.6 Å². The molecule has 0 aromatic heterocycles. The number of hydrogen-bond acceptors (Lipinski definition) is 4. The molecule has 5 heteroatoms. The van der Waals surface area contributed by atoms with Gasteiger partial charge in [-0.05, 0) is 37.3 Å². The van der Waals surface area contributed by atoms with Crippen LogP contribution in [0.15, 0.2) is 24.3 Å². The van der Waals surface area contributed by atoms with Crippen molar-refractivity contribution in [2.45, 2.75) is 38.1 Å². The predicted molar refractivity (Wildman–Crippen MR) is 94.4 cm³/mol. The number of anilines is 1. The number of aliphatic hydroxyl groups excluding tert-OH is 1. The number of ether oxygens (including phenoxy) is 1. The van der Waals surface area contributed by atoms with Gasteiger partial charge in [-0.15, -0.1) is 0 Å². The standard InChI is InChI=1S/C19H28N2O3/c22-12-9-17(15-5-1-2-6-15)20-19(23)16-7-3-4-8-18(16)21-10-13-24-14-11-21/h3-4,7-8,15,17,22H,1-2,5-6,9-14H2,(H,20,23). The Labute approximate surface area is 144 Å². The zero-order chi connectivity index (χ0) is 16.8. The van der Waals surface area contributed by atoms with Gasteiger partial charge in [0, 0.05) is 31.4 Å². The number of nitrogens with zero attached hydrogens (tertiary/aromatic N) is 1. The van der Waals surface area contributed by atoms with Gasteiger partial charge in [0.05, 0.1) is 18.8 Å². The molecular weight excluding hydrogens is 304 g/mol. The molecule has 2 fully saturated rings. The van der Waals surface area contributed by atoms with E-state index in [0.717, 1.165) is 37.2 Å². The average Bonchev–Trinajstić information content (AvgIpc) is 3.16. The summed E-state index contributed by atoms with van der Waals surface area (Å²) < 4.78 is 5.42. The molecule has 1 aliphatic heterocycles. The third kappa shape index (κ3) is 4.08. The van der Waals surface area contributed by atoms with E-state index in [1.54, 1.807) is 0 Å². The van der Waals surface area contributed by atoms with E-state index in [1.807, 2.05) is 24.3 Å². The van der Waals surface area contributed by atoms with Gasteiger partial charge in [0.1, 0.15) is 0 Å². The van der Waals surface area contributed by atoms with Crippen LogP contribution in [0, 0.1) is 5.92 Å². The number of hydrogen-bond donors (Lipinski definition) is 2. The van der Waals surface area contributed by atoms with Gasteiger partial charge in [0.15, 0.2) is 0 Å². The van der Waals surface area contributed by atoms with Crippen molar-refractivity contribution >= 4 is 11.6 Å². The molecule has 0 spiro atoms. The summed E-state index contributed by atoms with van der Waals surface area (Å²) in [6, 6.07) is 7.86. The van der Waals surface area contributed by atoms with Crippen LogP contribution in [-0.2, 0) is 4.74 Å². The van der Waals surface area contributed by atoms with Crippen molar-refractivity contribution in [3.8, 4) is 0 Å². The molecular formula is C19H28N2O3. The molecule has 1 aliphatic carbocycles. The fourth-order valence-corrected chi connectivity index (χ4v) is 3.92. The SMILES string of the molecule is O=C(NC(CCO)C1CCCC1)c1ccccc1N1CCOCC1. The number of morpholine rings is 1. The number of nitrogens with one attached hydrogen (secondary N) is 1. The maximum atomic E-state index is 12.9. The summed E-state index contributed by atoms with van der Waals surface area (Å²) in [5.41, 5.74) is 1.70. The Bertz CT molecular complexity index is 537. The first-order valence-corrected chi connectivity index (χ1v) is 9.13. The van der Waals surface area contributed by atoms with Gasteiger partial charge in [0.2, 0.25) is 0 Å². The third-order valence-corrected chi connectivity index (χ3v) is 5.23. The maximum Gasteiger partial charge on any atom is 0.253 e. The minimum atomic E-state index is -0.0255. The smallest absolute Gasteiger partial charge is 0.253 e. The van der Waals surface area contributed by atoms with Gasteiger partial charge in [-0.25, -0.2) is 0 Å². The molecule has 1 unspecified atom stereocenters. The Hall–Kier alpha value is -1.59. The van der Waals surface area contributed by atoms with Crippen LogP contribution >= 0.6 is 0 Å². The number of para-hydroxylation sites is 1. The van der Waals surface area contributed by atoms with Crippen LogP contribution in [0.1, 0.15) is 42.5 Å². The van der Waals surface area contributed by atoms with Crippen LogP contribution in [0.5, 0.6) is 0 Å². The van der Waals surface area contributed by atoms with E-state index >= 15 is 0 Å². The van der Waals surface area contributed by atoms with E-state index in [2.05, 4.69) is 10.2 Å². The van der Waals surface area contributed by atoms with Crippen molar-refractivity contribution < 1.29 is 14.6 Å². The molecule has 2 N–H and O–H groups in total. The number of aliphatic hydroxyl groups is 1. The quantitative estimate of drug-likeness (QED) is 0.838. The number of amides is 1. The summed E-state index contributed by atoms with van der Waals surface area (Å²) in [6.07, 6.45) is 5.39. The van der Waals surface area contributed by atoms with E-state index in [4.69, 9.17) is 4.74 Å². The lowest BCUT2D eigenvalue weighted by Gasteiger charge is -2.31. The second-order valence-electron chi connectivity index (χ2n) is 6.75. The van der Waals surface area contributed by atoms with E-state index < -0.39 is 0 Å². The fraction of sp³-hybridized carbons (Fsp3) is 0.632. The second-order valence-corrected chi connectivity index (χ2v) is 6.75. The summed E-state index contributed by atoms with van der Waals surface area (Å²) in [5.74, 6) is 0.471. The highest BCUT2D eigenvalue weighted by atomic mass is 16.5. The molecule has 5 nitrogen and oxygen atoms in total. The summed E-state index contributed by atoms with van der Waals surface area (Å²) >= 11 is 0. The largest absolute Gasteiger partial charge is 0.396 e.